The lowest BCUT2D eigenvalue weighted by molar-refractivity contribution is -0.118. The molecule has 0 heterocycles. The van der Waals surface area contributed by atoms with E-state index in [2.05, 4.69) is 10.6 Å². The van der Waals surface area contributed by atoms with Crippen molar-refractivity contribution in [3.63, 3.8) is 0 Å². The summed E-state index contributed by atoms with van der Waals surface area (Å²) >= 11 is 0. The van der Waals surface area contributed by atoms with E-state index in [1.165, 1.54) is 57.7 Å². The Bertz CT molecular complexity index is 1130. The second kappa shape index (κ2) is 10.9. The van der Waals surface area contributed by atoms with Crippen molar-refractivity contribution in [2.45, 2.75) is 0 Å². The number of nitrogens with one attached hydrogen (secondary N) is 2. The summed E-state index contributed by atoms with van der Waals surface area (Å²) < 4.78 is 34.2. The number of hydrogen-bond donors (Lipinski definition) is 2. The minimum absolute atomic E-state index is 0.277. The number of rotatable bonds is 9. The van der Waals surface area contributed by atoms with Crippen molar-refractivity contribution in [2.24, 2.45) is 0 Å². The van der Waals surface area contributed by atoms with Crippen molar-refractivity contribution < 1.29 is 32.9 Å². The van der Waals surface area contributed by atoms with Crippen molar-refractivity contribution in [3.05, 3.63) is 72.0 Å². The van der Waals surface area contributed by atoms with Gasteiger partial charge in [0.2, 0.25) is 0 Å². The first-order valence-electron chi connectivity index (χ1n) is 9.83. The fourth-order valence-corrected chi connectivity index (χ4v) is 2.90. The topological polar surface area (TPSA) is 95.1 Å². The van der Waals surface area contributed by atoms with E-state index in [1.54, 1.807) is 24.3 Å². The molecule has 0 aromatic heterocycles. The van der Waals surface area contributed by atoms with Gasteiger partial charge in [-0.25, -0.2) is 4.39 Å². The summed E-state index contributed by atoms with van der Waals surface area (Å²) in [6.07, 6.45) is 0. The number of anilines is 2. The van der Waals surface area contributed by atoms with Gasteiger partial charge in [0.25, 0.3) is 11.8 Å². The lowest BCUT2D eigenvalue weighted by Gasteiger charge is -2.14. The van der Waals surface area contributed by atoms with Crippen LogP contribution in [0.3, 0.4) is 0 Å². The summed E-state index contributed by atoms with van der Waals surface area (Å²) in [7, 11) is 4.45. The fourth-order valence-electron chi connectivity index (χ4n) is 2.90. The van der Waals surface area contributed by atoms with Crippen LogP contribution >= 0.6 is 0 Å². The van der Waals surface area contributed by atoms with Gasteiger partial charge in [0.1, 0.15) is 17.3 Å². The van der Waals surface area contributed by atoms with Crippen LogP contribution in [0.4, 0.5) is 15.8 Å². The molecule has 9 heteroatoms. The zero-order valence-electron chi connectivity index (χ0n) is 18.3. The molecule has 0 saturated carbocycles. The minimum atomic E-state index is -0.433. The quantitative estimate of drug-likeness (QED) is 0.505. The van der Waals surface area contributed by atoms with Crippen molar-refractivity contribution in [1.29, 1.82) is 0 Å². The number of methoxy groups -OCH3 is 3. The molecule has 0 unspecified atom stereocenters. The number of carbonyl (C=O) groups excluding carboxylic acids is 2. The SMILES string of the molecule is COc1ccc(NC(=O)c2ccc(OCC(=O)Nc3ccc(F)cc3)c(OC)c2)c(OC)c1. The molecule has 2 amide bonds. The Morgan fingerprint density at radius 3 is 2.18 bits per heavy atom. The smallest absolute Gasteiger partial charge is 0.262 e. The molecule has 0 bridgehead atoms. The molecular formula is C24H23FN2O6. The number of amides is 2. The highest BCUT2D eigenvalue weighted by Crippen LogP contribution is 2.31. The van der Waals surface area contributed by atoms with Crippen LogP contribution in [0.25, 0.3) is 0 Å². The largest absolute Gasteiger partial charge is 0.497 e. The Morgan fingerprint density at radius 1 is 0.788 bits per heavy atom. The van der Waals surface area contributed by atoms with Gasteiger partial charge >= 0.3 is 0 Å². The first kappa shape index (κ1) is 23.4. The summed E-state index contributed by atoms with van der Waals surface area (Å²) in [6.45, 7) is -0.303. The van der Waals surface area contributed by atoms with Crippen molar-refractivity contribution in [3.8, 4) is 23.0 Å². The van der Waals surface area contributed by atoms with E-state index in [4.69, 9.17) is 18.9 Å². The zero-order valence-corrected chi connectivity index (χ0v) is 18.3. The van der Waals surface area contributed by atoms with Gasteiger partial charge in [-0.2, -0.15) is 0 Å². The Hall–Kier alpha value is -4.27. The number of benzene rings is 3. The van der Waals surface area contributed by atoms with E-state index in [9.17, 15) is 14.0 Å². The summed E-state index contributed by atoms with van der Waals surface area (Å²) in [5, 5.41) is 5.37. The van der Waals surface area contributed by atoms with Crippen LogP contribution in [0, 0.1) is 5.82 Å². The molecule has 172 valence electrons. The van der Waals surface area contributed by atoms with Gasteiger partial charge in [0.05, 0.1) is 27.0 Å². The van der Waals surface area contributed by atoms with Crippen molar-refractivity contribution in [1.82, 2.24) is 0 Å². The highest BCUT2D eigenvalue weighted by Gasteiger charge is 2.15. The molecular weight excluding hydrogens is 431 g/mol. The van der Waals surface area contributed by atoms with E-state index in [1.807, 2.05) is 0 Å². The Kier molecular flexibility index (Phi) is 7.69. The number of halogens is 1. The maximum atomic E-state index is 13.0. The molecule has 0 aliphatic heterocycles. The third-order valence-electron chi connectivity index (χ3n) is 4.57. The van der Waals surface area contributed by atoms with Crippen molar-refractivity contribution in [2.75, 3.05) is 38.6 Å². The second-order valence-electron chi connectivity index (χ2n) is 6.73. The van der Waals surface area contributed by atoms with E-state index >= 15 is 0 Å². The predicted octanol–water partition coefficient (Wildman–Crippen LogP) is 4.12. The van der Waals surface area contributed by atoms with Gasteiger partial charge in [0.15, 0.2) is 18.1 Å². The van der Waals surface area contributed by atoms with Crippen molar-refractivity contribution >= 4 is 23.2 Å². The molecule has 0 saturated heterocycles. The standard InChI is InChI=1S/C24H23FN2O6/c1-30-18-9-10-19(21(13-18)31-2)27-24(29)15-4-11-20(22(12-15)32-3)33-14-23(28)26-17-7-5-16(25)6-8-17/h4-13H,14H2,1-3H3,(H,26,28)(H,27,29). The van der Waals surface area contributed by atoms with Crippen LogP contribution in [-0.4, -0.2) is 39.8 Å². The summed E-state index contributed by atoms with van der Waals surface area (Å²) in [5.41, 5.74) is 1.23. The molecule has 0 fully saturated rings. The molecule has 0 radical (unpaired) electrons. The minimum Gasteiger partial charge on any atom is -0.497 e. The molecule has 0 aliphatic carbocycles. The Morgan fingerprint density at radius 2 is 1.52 bits per heavy atom. The van der Waals surface area contributed by atoms with E-state index in [0.717, 1.165) is 0 Å². The molecule has 3 aromatic rings. The molecule has 3 aromatic carbocycles. The molecule has 0 aliphatic rings. The maximum absolute atomic E-state index is 13.0. The van der Waals surface area contributed by atoms with Crippen LogP contribution in [0.5, 0.6) is 23.0 Å². The van der Waals surface area contributed by atoms with Crippen LogP contribution in [0.15, 0.2) is 60.7 Å². The summed E-state index contributed by atoms with van der Waals surface area (Å²) in [6, 6.07) is 15.0. The summed E-state index contributed by atoms with van der Waals surface area (Å²) in [4.78, 5) is 24.8. The van der Waals surface area contributed by atoms with Gasteiger partial charge in [-0.15, -0.1) is 0 Å². The highest BCUT2D eigenvalue weighted by molar-refractivity contribution is 6.05. The Balaban J connectivity index is 1.65. The van der Waals surface area contributed by atoms with Gasteiger partial charge < -0.3 is 29.6 Å². The van der Waals surface area contributed by atoms with Crippen LogP contribution in [0.1, 0.15) is 10.4 Å². The first-order valence-corrected chi connectivity index (χ1v) is 9.83. The van der Waals surface area contributed by atoms with Crippen LogP contribution in [0.2, 0.25) is 0 Å². The predicted molar refractivity (Wildman–Crippen MR) is 121 cm³/mol. The molecule has 0 atom stereocenters. The van der Waals surface area contributed by atoms with Gasteiger partial charge in [0, 0.05) is 17.3 Å². The first-order chi connectivity index (χ1) is 15.9. The fraction of sp³-hybridized carbons (Fsp3) is 0.167. The second-order valence-corrected chi connectivity index (χ2v) is 6.73. The molecule has 8 nitrogen and oxygen atoms in total. The number of ether oxygens (including phenoxy) is 4. The number of hydrogen-bond acceptors (Lipinski definition) is 6. The van der Waals surface area contributed by atoms with Gasteiger partial charge in [-0.05, 0) is 54.6 Å². The van der Waals surface area contributed by atoms with Gasteiger partial charge in [-0.3, -0.25) is 9.59 Å². The normalized spacial score (nSPS) is 10.2. The lowest BCUT2D eigenvalue weighted by Crippen LogP contribution is -2.20. The van der Waals surface area contributed by atoms with E-state index in [0.29, 0.717) is 28.4 Å². The summed E-state index contributed by atoms with van der Waals surface area (Å²) in [5.74, 6) is 0.375. The Labute approximate surface area is 190 Å². The molecule has 3 rings (SSSR count). The average Bonchev–Trinajstić information content (AvgIpc) is 2.84. The molecule has 33 heavy (non-hydrogen) atoms. The third-order valence-corrected chi connectivity index (χ3v) is 4.57. The third kappa shape index (κ3) is 6.13. The van der Waals surface area contributed by atoms with Gasteiger partial charge in [-0.1, -0.05) is 0 Å². The average molecular weight is 454 g/mol. The van der Waals surface area contributed by atoms with E-state index < -0.39 is 17.6 Å². The highest BCUT2D eigenvalue weighted by atomic mass is 19.1. The maximum Gasteiger partial charge on any atom is 0.262 e. The van der Waals surface area contributed by atoms with E-state index in [-0.39, 0.29) is 18.1 Å². The van der Waals surface area contributed by atoms with Crippen LogP contribution < -0.4 is 29.6 Å². The molecule has 0 spiro atoms. The zero-order chi connectivity index (χ0) is 23.8. The molecule has 2 N–H and O–H groups in total. The number of carbonyl (C=O) groups is 2. The van der Waals surface area contributed by atoms with Crippen LogP contribution in [-0.2, 0) is 4.79 Å². The monoisotopic (exact) mass is 454 g/mol. The lowest BCUT2D eigenvalue weighted by atomic mass is 10.1.